The quantitative estimate of drug-likeness (QED) is 0.00986. The predicted octanol–water partition coefficient (Wildman–Crippen LogP) is 6.86. The standard InChI is InChI=1S/C15H20N2O3.C15H22N2O.C13H18N2O4S.C13H16N2O3.C12H16N2O.C11H15N3O.C11H14N2O.C9H8O2.C2H2O3/c16-13(15(19)20)10-6-7-11-17-14(18)12-8-4-2-1-3-5-9-12;16-12-8-4-5-9-13-17-15(18)14-10-6-2-1-3-7-11-14;16-13(12-6-4-2-1-3-5-7-12)15-9-8-14-10-11-20(17,18)19;14-11(13(17)18)8-9-15-12(16)10-6-4-2-1-3-5-7-10;13-9-6-10-14-12(15)11-7-4-2-1-3-5-8-11;12-10(13)8-14-11(15)9-6-4-2-1-3-5-7-9;12-8-9-13-11(14)10-6-4-2-1-3-5-7-10;10-9(11)8-6-4-2-1-3-5-7-8;3-1-2(4)5/h1-5,8-9,13H,6-7,10-11,16H2,(H,17,18)(H,19,20);1-3,6-7,10-11H,4-5,8-9,12-13,16H2,(H,17,18);1-7,14H,8-11H2,(H,15,16)(H,17,18,19);1-7,11H,8-9,14H2,(H,15,16)(H,17,18);1-5,7-8H,6,9-10,13H2,(H,14,15);1-7,10H,8,12-13H2,(H,14,15);1-7H,8-9,12H2,(H,13,14);1-7H,(H,10,11);1H,(H,4,5)/b2-1-,3-1?,4-2?,5-3-,8-4?,9-5?,12-8?,12-9?;2-1-,3-1?,6-2?,7-3-,10-6?,11-7?,14-10?,14-11?;2-1-,3-1?,4-2?,5-3-,6-4?,7-5?,12-6?,12-7?;2-1-,3-1?,4-2?,5-3-,6-4?,7-5?,10-6?,10-7?;2-1-,3-1?,4-2?,5-3-,7-4?,8-5?,11-7?,11-8?;2-1-,3-1?,4-2?,5-3-,6-4?,7-5?,9-6?,9-7?;2-1-,3-1?,4-2?,5-3-,6-4?,7-5?,10-6?,10-7?;2-1-,3-1?,4-2?,5-3-,6-4?,7-5?,8-6?,8-7?;/t13-;;;;;;;;/m0......../s1/i;;;;;;;;1T. The van der Waals surface area contributed by atoms with Gasteiger partial charge in [0.2, 0.25) is 6.26 Å². The molecule has 0 heterocycles. The SMILES string of the molecule is NC(CCNC(=O)C1=C/C=C\C=C/C=C1)C(=O)O.NC(N)CNC(=O)C1=C/C=C\C=C/C=C1.NCCCCCCNC(=O)C1=C/C=C\C=C/C=C1.NCCCNC(=O)C1=C/C=C\C=C/C=C1.NCCNC(=O)C1=C/C=C\C=C/C=C1.N[C@@H](CCCCNC(=O)C1=C/C=C\C=C/C=C1)C(=O)O.O=C(NCCNCCS(=O)(=O)O)C1=C/C=C\C=C/C=C1.O=C(O)C1=C/C=C\C=C/C=C1.[3H]C(=O)C(=O)O. The lowest BCUT2D eigenvalue weighted by atomic mass is 10.1. The number of aliphatic carboxylic acids is 4. The van der Waals surface area contributed by atoms with Gasteiger partial charge in [0, 0.05) is 104 Å². The second-order valence-electron chi connectivity index (χ2n) is 28.0. The Labute approximate surface area is 797 Å². The molecule has 0 aliphatic heterocycles. The first kappa shape index (κ1) is 119. The van der Waals surface area contributed by atoms with Gasteiger partial charge in [-0.15, -0.1) is 0 Å². The van der Waals surface area contributed by atoms with Crippen LogP contribution in [0, 0.1) is 0 Å². The molecule has 730 valence electrons. The van der Waals surface area contributed by atoms with E-state index in [4.69, 9.17) is 71.3 Å². The molecule has 0 bridgehead atoms. The van der Waals surface area contributed by atoms with E-state index in [0.717, 1.165) is 45.2 Å². The normalized spacial score (nSPS) is 18.3. The number of unbranched alkanes of at least 4 members (excludes halogenated alkanes) is 4. The van der Waals surface area contributed by atoms with Crippen molar-refractivity contribution in [1.29, 1.82) is 0 Å². The van der Waals surface area contributed by atoms with E-state index in [0.29, 0.717) is 110 Å². The highest BCUT2D eigenvalue weighted by Crippen LogP contribution is 2.10. The molecule has 8 rings (SSSR count). The van der Waals surface area contributed by atoms with Gasteiger partial charge in [-0.2, -0.15) is 8.42 Å². The van der Waals surface area contributed by atoms with Crippen LogP contribution in [0.25, 0.3) is 0 Å². The van der Waals surface area contributed by atoms with Crippen LogP contribution >= 0.6 is 0 Å². The minimum absolute atomic E-state index is 0.00924. The van der Waals surface area contributed by atoms with Crippen LogP contribution in [-0.4, -0.2) is 207 Å². The van der Waals surface area contributed by atoms with Gasteiger partial charge in [-0.05, 0) is 155 Å². The highest BCUT2D eigenvalue weighted by molar-refractivity contribution is 7.85. The average Bonchev–Trinajstić information content (AvgIpc) is 0.938. The molecular weight excluding hydrogens is 1760 g/mol. The first-order valence-corrected chi connectivity index (χ1v) is 44.9. The third kappa shape index (κ3) is 70.9. The number of carbonyl (C=O) groups excluding carboxylic acids is 8. The van der Waals surface area contributed by atoms with Crippen molar-refractivity contribution in [2.75, 3.05) is 84.3 Å². The average molecular weight is 1890 g/mol. The van der Waals surface area contributed by atoms with Crippen molar-refractivity contribution in [3.63, 3.8) is 0 Å². The maximum absolute atomic E-state index is 11.9. The molecule has 0 radical (unpaired) electrons. The van der Waals surface area contributed by atoms with Gasteiger partial charge in [0.1, 0.15) is 13.5 Å². The van der Waals surface area contributed by atoms with E-state index in [1.165, 1.54) is 0 Å². The lowest BCUT2D eigenvalue weighted by Gasteiger charge is -2.08. The number of amides is 7. The molecule has 136 heavy (non-hydrogen) atoms. The van der Waals surface area contributed by atoms with E-state index < -0.39 is 58.5 Å². The molecular formula is C101H131N15O19S. The van der Waals surface area contributed by atoms with E-state index in [1.807, 2.05) is 182 Å². The van der Waals surface area contributed by atoms with Gasteiger partial charge in [-0.1, -0.05) is 256 Å². The van der Waals surface area contributed by atoms with E-state index in [1.54, 1.807) is 158 Å². The fourth-order valence-corrected chi connectivity index (χ4v) is 10.2. The van der Waals surface area contributed by atoms with Crippen molar-refractivity contribution < 1.29 is 92.3 Å². The Hall–Kier alpha value is -14.9. The number of nitrogens with one attached hydrogen (secondary N) is 8. The minimum atomic E-state index is -3.93. The molecule has 27 N–H and O–H groups in total. The van der Waals surface area contributed by atoms with Gasteiger partial charge < -0.3 is 103 Å². The molecule has 0 aromatic carbocycles. The molecule has 1 unspecified atom stereocenters. The minimum Gasteiger partial charge on any atom is -0.480 e. The summed E-state index contributed by atoms with van der Waals surface area (Å²) in [5.41, 5.74) is 41.9. The van der Waals surface area contributed by atoms with Crippen LogP contribution in [0.5, 0.6) is 0 Å². The monoisotopic (exact) mass is 1890 g/mol. The Morgan fingerprint density at radius 3 is 0.831 bits per heavy atom. The second kappa shape index (κ2) is 82.1. The van der Waals surface area contributed by atoms with Crippen LogP contribution < -0.4 is 82.7 Å². The zero-order valence-corrected chi connectivity index (χ0v) is 76.8. The summed E-state index contributed by atoms with van der Waals surface area (Å²) in [6.07, 6.45) is 106. The second-order valence-corrected chi connectivity index (χ2v) is 29.5. The topological polar surface area (TPSA) is 619 Å². The van der Waals surface area contributed by atoms with Crippen molar-refractivity contribution in [1.82, 2.24) is 42.5 Å². The Kier molecular flexibility index (Phi) is 71.9. The molecule has 34 nitrogen and oxygen atoms in total. The molecule has 2 atom stereocenters. The molecule has 35 heteroatoms. The predicted molar refractivity (Wildman–Crippen MR) is 538 cm³/mol. The fourth-order valence-electron chi connectivity index (χ4n) is 9.84. The van der Waals surface area contributed by atoms with E-state index >= 15 is 0 Å². The number of rotatable bonds is 38. The maximum atomic E-state index is 11.9. The molecule has 0 saturated carbocycles. The first-order valence-electron chi connectivity index (χ1n) is 43.8. The molecule has 0 spiro atoms. The van der Waals surface area contributed by atoms with Gasteiger partial charge >= 0.3 is 23.9 Å². The van der Waals surface area contributed by atoms with Crippen LogP contribution in [0.1, 0.15) is 59.2 Å². The van der Waals surface area contributed by atoms with Gasteiger partial charge in [0.05, 0.1) is 17.5 Å². The lowest BCUT2D eigenvalue weighted by Crippen LogP contribution is -2.43. The van der Waals surface area contributed by atoms with Gasteiger partial charge in [0.25, 0.3) is 51.5 Å². The lowest BCUT2D eigenvalue weighted by molar-refractivity contribution is -0.143. The van der Waals surface area contributed by atoms with Crippen LogP contribution in [0.15, 0.2) is 385 Å². The van der Waals surface area contributed by atoms with Gasteiger partial charge in [-0.3, -0.25) is 52.5 Å². The van der Waals surface area contributed by atoms with Crippen molar-refractivity contribution >= 4 is 81.6 Å². The smallest absolute Gasteiger partial charge is 0.368 e. The van der Waals surface area contributed by atoms with E-state index in [2.05, 4.69) is 42.5 Å². The van der Waals surface area contributed by atoms with Crippen LogP contribution in [0.2, 0.25) is 0 Å². The summed E-state index contributed by atoms with van der Waals surface area (Å²) in [5, 5.41) is 55.3. The number of allylic oxidation sites excluding steroid dienone is 48. The summed E-state index contributed by atoms with van der Waals surface area (Å²) in [6.45, 7) is 5.61. The zero-order chi connectivity index (χ0) is 102. The Morgan fingerprint density at radius 1 is 0.294 bits per heavy atom. The number of carboxylic acids is 4. The molecule has 7 amide bonds. The summed E-state index contributed by atoms with van der Waals surface area (Å²) in [7, 11) is -3.93. The largest absolute Gasteiger partial charge is 0.480 e. The number of hydrogen-bond acceptors (Lipinski definition) is 22. The van der Waals surface area contributed by atoms with Gasteiger partial charge in [0.15, 0.2) is 0 Å². The van der Waals surface area contributed by atoms with Crippen LogP contribution in [0.3, 0.4) is 0 Å². The Balaban J connectivity index is 0.00000154. The molecule has 8 aliphatic rings. The number of nitrogens with two attached hydrogens (primary N) is 7. The van der Waals surface area contributed by atoms with Crippen molar-refractivity contribution in [3.05, 3.63) is 385 Å². The third-order valence-corrected chi connectivity index (χ3v) is 17.6. The molecule has 8 aliphatic carbocycles. The summed E-state index contributed by atoms with van der Waals surface area (Å²) in [4.78, 5) is 132. The zero-order valence-electron chi connectivity index (χ0n) is 77.0. The molecule has 0 aromatic heterocycles. The fraction of sp³-hybridized carbons (Fsp3) is 0.248. The number of carbonyl (C=O) groups is 12. The molecule has 0 saturated heterocycles. The Bertz CT molecular complexity index is 5060. The summed E-state index contributed by atoms with van der Waals surface area (Å²) in [5.74, 6) is -5.92. The number of carboxylic acid groups (broad SMARTS) is 4. The number of aldehydes is 1. The number of hydrogen-bond donors (Lipinski definition) is 20. The van der Waals surface area contributed by atoms with Crippen molar-refractivity contribution in [3.8, 4) is 0 Å². The summed E-state index contributed by atoms with van der Waals surface area (Å²) in [6, 6.07) is -1.77. The highest BCUT2D eigenvalue weighted by Gasteiger charge is 2.16. The summed E-state index contributed by atoms with van der Waals surface area (Å²) < 4.78 is 35.2. The van der Waals surface area contributed by atoms with Crippen molar-refractivity contribution in [2.24, 2.45) is 40.1 Å². The van der Waals surface area contributed by atoms with Crippen molar-refractivity contribution in [2.45, 2.75) is 76.0 Å². The Morgan fingerprint density at radius 2 is 0.544 bits per heavy atom. The highest BCUT2D eigenvalue weighted by atomic mass is 32.2. The van der Waals surface area contributed by atoms with E-state index in [-0.39, 0.29) is 73.2 Å². The summed E-state index contributed by atoms with van der Waals surface area (Å²) >= 11 is 0. The molecule has 0 fully saturated rings. The molecule has 0 aromatic rings. The van der Waals surface area contributed by atoms with E-state index in [9.17, 15) is 61.2 Å². The van der Waals surface area contributed by atoms with Crippen LogP contribution in [-0.2, 0) is 67.7 Å². The van der Waals surface area contributed by atoms with Gasteiger partial charge in [-0.25, -0.2) is 9.59 Å². The maximum Gasteiger partial charge on any atom is 0.368 e. The third-order valence-electron chi connectivity index (χ3n) is 16.9. The van der Waals surface area contributed by atoms with Crippen LogP contribution in [0.4, 0.5) is 0 Å². The first-order chi connectivity index (χ1) is 65.9.